The Hall–Kier alpha value is -1.33. The van der Waals surface area contributed by atoms with Gasteiger partial charge in [0.2, 0.25) is 0 Å². The van der Waals surface area contributed by atoms with Gasteiger partial charge in [0.1, 0.15) is 0 Å². The van der Waals surface area contributed by atoms with Crippen LogP contribution in [0.5, 0.6) is 5.75 Å². The number of nitro groups is 1. The molecule has 0 heterocycles. The van der Waals surface area contributed by atoms with Crippen molar-refractivity contribution < 1.29 is 9.66 Å². The van der Waals surface area contributed by atoms with Crippen LogP contribution in [0, 0.1) is 10.1 Å². The quantitative estimate of drug-likeness (QED) is 0.635. The molecule has 0 aliphatic heterocycles. The molecule has 0 bridgehead atoms. The van der Waals surface area contributed by atoms with Crippen LogP contribution in [0.25, 0.3) is 0 Å². The number of methoxy groups -OCH3 is 1. The van der Waals surface area contributed by atoms with E-state index in [-0.39, 0.29) is 23.8 Å². The van der Waals surface area contributed by atoms with E-state index in [0.29, 0.717) is 6.54 Å². The molecule has 5 nitrogen and oxygen atoms in total. The fourth-order valence-electron chi connectivity index (χ4n) is 1.19. The van der Waals surface area contributed by atoms with Crippen LogP contribution in [0.4, 0.5) is 5.69 Å². The third-order valence-corrected chi connectivity index (χ3v) is 1.82. The van der Waals surface area contributed by atoms with Gasteiger partial charge in [-0.3, -0.25) is 10.1 Å². The van der Waals surface area contributed by atoms with E-state index in [1.54, 1.807) is 19.2 Å². The number of hydrogen-bond acceptors (Lipinski definition) is 4. The number of nitrogens with one attached hydrogen (secondary N) is 1. The highest BCUT2D eigenvalue weighted by atomic mass is 35.5. The Morgan fingerprint density at radius 1 is 1.53 bits per heavy atom. The summed E-state index contributed by atoms with van der Waals surface area (Å²) in [6, 6.07) is 4.91. The van der Waals surface area contributed by atoms with Gasteiger partial charge in [0.05, 0.1) is 12.0 Å². The second-order valence-corrected chi connectivity index (χ2v) is 2.79. The molecule has 0 amide bonds. The highest BCUT2D eigenvalue weighted by molar-refractivity contribution is 5.85. The maximum Gasteiger partial charge on any atom is 0.311 e. The van der Waals surface area contributed by atoms with Crippen molar-refractivity contribution in [2.75, 3.05) is 14.2 Å². The summed E-state index contributed by atoms with van der Waals surface area (Å²) < 4.78 is 4.88. The lowest BCUT2D eigenvalue weighted by Gasteiger charge is -2.04. The first-order chi connectivity index (χ1) is 6.69. The zero-order chi connectivity index (χ0) is 10.6. The average molecular weight is 233 g/mol. The minimum Gasteiger partial charge on any atom is -0.490 e. The Balaban J connectivity index is 0.00000196. The Morgan fingerprint density at radius 3 is 2.67 bits per heavy atom. The lowest BCUT2D eigenvalue weighted by Crippen LogP contribution is -2.05. The fourth-order valence-corrected chi connectivity index (χ4v) is 1.19. The first-order valence-corrected chi connectivity index (χ1v) is 4.15. The summed E-state index contributed by atoms with van der Waals surface area (Å²) in [5.41, 5.74) is 0.861. The van der Waals surface area contributed by atoms with E-state index in [4.69, 9.17) is 4.74 Å². The Morgan fingerprint density at radius 2 is 2.20 bits per heavy atom. The highest BCUT2D eigenvalue weighted by Gasteiger charge is 2.14. The van der Waals surface area contributed by atoms with Gasteiger partial charge in [-0.1, -0.05) is 6.07 Å². The lowest BCUT2D eigenvalue weighted by atomic mass is 10.2. The number of nitrogens with zero attached hydrogens (tertiary/aromatic N) is 1. The van der Waals surface area contributed by atoms with Crippen LogP contribution in [-0.2, 0) is 6.54 Å². The maximum absolute atomic E-state index is 10.6. The molecule has 0 fully saturated rings. The van der Waals surface area contributed by atoms with Gasteiger partial charge in [-0.25, -0.2) is 0 Å². The summed E-state index contributed by atoms with van der Waals surface area (Å²) in [6.45, 7) is 0.602. The van der Waals surface area contributed by atoms with Crippen molar-refractivity contribution in [3.63, 3.8) is 0 Å². The standard InChI is InChI=1S/C9H12N2O3.ClH/c1-10-6-7-3-4-9(14-2)8(5-7)11(12)13;/h3-5,10H,6H2,1-2H3;1H. The summed E-state index contributed by atoms with van der Waals surface area (Å²) in [7, 11) is 3.20. The molecule has 0 aliphatic carbocycles. The van der Waals surface area contributed by atoms with Crippen molar-refractivity contribution >= 4 is 18.1 Å². The molecule has 1 aromatic carbocycles. The molecule has 0 aromatic heterocycles. The van der Waals surface area contributed by atoms with Gasteiger partial charge < -0.3 is 10.1 Å². The molecule has 0 radical (unpaired) electrons. The Bertz CT molecular complexity index is 344. The highest BCUT2D eigenvalue weighted by Crippen LogP contribution is 2.27. The third-order valence-electron chi connectivity index (χ3n) is 1.82. The van der Waals surface area contributed by atoms with E-state index >= 15 is 0 Å². The summed E-state index contributed by atoms with van der Waals surface area (Å²) in [4.78, 5) is 10.2. The number of nitro benzene ring substituents is 1. The zero-order valence-corrected chi connectivity index (χ0v) is 9.34. The van der Waals surface area contributed by atoms with E-state index in [1.807, 2.05) is 0 Å². The topological polar surface area (TPSA) is 64.4 Å². The van der Waals surface area contributed by atoms with E-state index in [2.05, 4.69) is 5.32 Å². The molecule has 0 aliphatic rings. The molecule has 0 saturated carbocycles. The normalized spacial score (nSPS) is 9.20. The minimum absolute atomic E-state index is 0. The maximum atomic E-state index is 10.6. The molecule has 0 atom stereocenters. The van der Waals surface area contributed by atoms with Gasteiger partial charge in [-0.2, -0.15) is 0 Å². The number of benzene rings is 1. The molecule has 84 valence electrons. The summed E-state index contributed by atoms with van der Waals surface area (Å²) >= 11 is 0. The van der Waals surface area contributed by atoms with Crippen molar-refractivity contribution in [3.05, 3.63) is 33.9 Å². The number of halogens is 1. The van der Waals surface area contributed by atoms with E-state index in [0.717, 1.165) is 5.56 Å². The first-order valence-electron chi connectivity index (χ1n) is 4.15. The van der Waals surface area contributed by atoms with Gasteiger partial charge in [0.15, 0.2) is 5.75 Å². The molecular formula is C9H13ClN2O3. The molecule has 0 saturated heterocycles. The van der Waals surface area contributed by atoms with Crippen molar-refractivity contribution in [1.82, 2.24) is 5.32 Å². The van der Waals surface area contributed by atoms with Crippen LogP contribution >= 0.6 is 12.4 Å². The molecule has 0 spiro atoms. The lowest BCUT2D eigenvalue weighted by molar-refractivity contribution is -0.385. The van der Waals surface area contributed by atoms with E-state index in [9.17, 15) is 10.1 Å². The molecule has 1 rings (SSSR count). The number of ether oxygens (including phenoxy) is 1. The second kappa shape index (κ2) is 6.21. The van der Waals surface area contributed by atoms with Gasteiger partial charge in [0.25, 0.3) is 0 Å². The van der Waals surface area contributed by atoms with Crippen molar-refractivity contribution in [2.24, 2.45) is 0 Å². The Kier molecular flexibility index (Phi) is 5.66. The van der Waals surface area contributed by atoms with E-state index < -0.39 is 4.92 Å². The predicted molar refractivity (Wildman–Crippen MR) is 59.7 cm³/mol. The summed E-state index contributed by atoms with van der Waals surface area (Å²) in [5.74, 6) is 0.287. The number of hydrogen-bond donors (Lipinski definition) is 1. The van der Waals surface area contributed by atoms with Crippen LogP contribution in [0.1, 0.15) is 5.56 Å². The molecule has 6 heteroatoms. The van der Waals surface area contributed by atoms with Crippen LogP contribution in [0.15, 0.2) is 18.2 Å². The minimum atomic E-state index is -0.446. The van der Waals surface area contributed by atoms with Crippen LogP contribution in [-0.4, -0.2) is 19.1 Å². The summed E-state index contributed by atoms with van der Waals surface area (Å²) in [5, 5.41) is 13.6. The number of rotatable bonds is 4. The van der Waals surface area contributed by atoms with Gasteiger partial charge >= 0.3 is 5.69 Å². The van der Waals surface area contributed by atoms with E-state index in [1.165, 1.54) is 13.2 Å². The predicted octanol–water partition coefficient (Wildman–Crippen LogP) is 1.74. The first kappa shape index (κ1) is 13.7. The molecule has 1 aromatic rings. The monoisotopic (exact) mass is 232 g/mol. The molecule has 15 heavy (non-hydrogen) atoms. The molecular weight excluding hydrogens is 220 g/mol. The Labute approximate surface area is 94.0 Å². The third kappa shape index (κ3) is 3.38. The van der Waals surface area contributed by atoms with Crippen molar-refractivity contribution in [2.45, 2.75) is 6.54 Å². The van der Waals surface area contributed by atoms with Crippen LogP contribution in [0.2, 0.25) is 0 Å². The second-order valence-electron chi connectivity index (χ2n) is 2.79. The van der Waals surface area contributed by atoms with Gasteiger partial charge in [-0.15, -0.1) is 12.4 Å². The van der Waals surface area contributed by atoms with Gasteiger partial charge in [0, 0.05) is 12.6 Å². The smallest absolute Gasteiger partial charge is 0.311 e. The zero-order valence-electron chi connectivity index (χ0n) is 8.52. The van der Waals surface area contributed by atoms with Crippen molar-refractivity contribution in [1.29, 1.82) is 0 Å². The molecule has 0 unspecified atom stereocenters. The van der Waals surface area contributed by atoms with Gasteiger partial charge in [-0.05, 0) is 18.7 Å². The van der Waals surface area contributed by atoms with Crippen LogP contribution in [0.3, 0.4) is 0 Å². The molecule has 1 N–H and O–H groups in total. The largest absolute Gasteiger partial charge is 0.490 e. The fraction of sp³-hybridized carbons (Fsp3) is 0.333. The SMILES string of the molecule is CNCc1ccc(OC)c([N+](=O)[O-])c1.Cl. The van der Waals surface area contributed by atoms with Crippen molar-refractivity contribution in [3.8, 4) is 5.75 Å². The average Bonchev–Trinajstić information content (AvgIpc) is 2.18. The summed E-state index contributed by atoms with van der Waals surface area (Å²) in [6.07, 6.45) is 0. The van der Waals surface area contributed by atoms with Crippen LogP contribution < -0.4 is 10.1 Å².